The number of hydrogen-bond acceptors (Lipinski definition) is 6. The maximum Gasteiger partial charge on any atom is 0.315 e. The lowest BCUT2D eigenvalue weighted by atomic mass is 9.80. The number of hydrogen-bond donors (Lipinski definition) is 1. The van der Waals surface area contributed by atoms with E-state index in [1.807, 2.05) is 6.92 Å². The molecule has 1 saturated carbocycles. The largest absolute Gasteiger partial charge is 0.465 e. The smallest absolute Gasteiger partial charge is 0.315 e. The number of thiazole rings is 1. The number of aryl methyl sites for hydroxylation is 1. The summed E-state index contributed by atoms with van der Waals surface area (Å²) in [7, 11) is 1.78. The number of carbonyl (C=O) groups is 1. The van der Waals surface area contributed by atoms with Crippen molar-refractivity contribution in [2.75, 3.05) is 25.6 Å². The number of carbonyl (C=O) groups excluding carboxylic acids is 1. The number of esters is 1. The Bertz CT molecular complexity index is 519. The van der Waals surface area contributed by atoms with Crippen LogP contribution < -0.4 is 5.32 Å². The van der Waals surface area contributed by atoms with Crippen LogP contribution in [0.3, 0.4) is 0 Å². The molecule has 116 valence electrons. The average Bonchev–Trinajstić information content (AvgIpc) is 2.97. The van der Waals surface area contributed by atoms with E-state index in [0.29, 0.717) is 6.61 Å². The summed E-state index contributed by atoms with van der Waals surface area (Å²) in [6, 6.07) is 0. The summed E-state index contributed by atoms with van der Waals surface area (Å²) in [5.74, 6) is -0.313. The van der Waals surface area contributed by atoms with Crippen LogP contribution in [0.15, 0.2) is 0 Å². The third kappa shape index (κ3) is 2.79. The molecule has 1 atom stereocenters. The molecule has 1 aromatic rings. The van der Waals surface area contributed by atoms with E-state index in [1.165, 1.54) is 11.3 Å². The topological polar surface area (TPSA) is 60.5 Å². The molecule has 1 heterocycles. The van der Waals surface area contributed by atoms with E-state index in [0.717, 1.165) is 43.1 Å². The first-order valence-corrected chi connectivity index (χ1v) is 8.44. The molecule has 0 aromatic carbocycles. The van der Waals surface area contributed by atoms with Crippen LogP contribution in [-0.2, 0) is 20.7 Å². The normalized spacial score (nSPS) is 22.5. The number of methoxy groups -OCH3 is 1. The number of fused-ring (bicyclic) bond motifs is 1. The fourth-order valence-electron chi connectivity index (χ4n) is 3.04. The molecule has 1 aromatic heterocycles. The third-order valence-corrected chi connectivity index (χ3v) is 5.64. The van der Waals surface area contributed by atoms with Crippen molar-refractivity contribution in [3.05, 3.63) is 10.6 Å². The Morgan fingerprint density at radius 2 is 2.33 bits per heavy atom. The molecule has 1 unspecified atom stereocenters. The Balaban J connectivity index is 1.64. The molecule has 1 N–H and O–H groups in total. The van der Waals surface area contributed by atoms with Crippen molar-refractivity contribution in [1.82, 2.24) is 4.98 Å². The van der Waals surface area contributed by atoms with Gasteiger partial charge in [0.1, 0.15) is 5.92 Å². The van der Waals surface area contributed by atoms with E-state index in [-0.39, 0.29) is 17.5 Å². The van der Waals surface area contributed by atoms with Crippen molar-refractivity contribution in [1.29, 1.82) is 0 Å². The zero-order valence-electron chi connectivity index (χ0n) is 12.6. The summed E-state index contributed by atoms with van der Waals surface area (Å²) < 4.78 is 10.7. The maximum absolute atomic E-state index is 11.9. The van der Waals surface area contributed by atoms with Gasteiger partial charge in [0.2, 0.25) is 0 Å². The van der Waals surface area contributed by atoms with Crippen LogP contribution >= 0.6 is 11.3 Å². The van der Waals surface area contributed by atoms with Crippen LogP contribution in [0.2, 0.25) is 0 Å². The highest BCUT2D eigenvalue weighted by Gasteiger charge is 2.38. The van der Waals surface area contributed by atoms with Crippen LogP contribution in [0.4, 0.5) is 5.13 Å². The van der Waals surface area contributed by atoms with Crippen molar-refractivity contribution >= 4 is 22.4 Å². The molecule has 3 rings (SSSR count). The monoisotopic (exact) mass is 310 g/mol. The Morgan fingerprint density at radius 1 is 1.52 bits per heavy atom. The van der Waals surface area contributed by atoms with Crippen molar-refractivity contribution in [2.24, 2.45) is 0 Å². The van der Waals surface area contributed by atoms with E-state index in [1.54, 1.807) is 18.4 Å². The maximum atomic E-state index is 11.9. The van der Waals surface area contributed by atoms with Crippen molar-refractivity contribution in [3.8, 4) is 0 Å². The predicted molar refractivity (Wildman–Crippen MR) is 81.9 cm³/mol. The van der Waals surface area contributed by atoms with Gasteiger partial charge < -0.3 is 14.8 Å². The van der Waals surface area contributed by atoms with Gasteiger partial charge in [-0.15, -0.1) is 11.3 Å². The second-order valence-corrected chi connectivity index (χ2v) is 6.85. The second-order valence-electron chi connectivity index (χ2n) is 5.76. The lowest BCUT2D eigenvalue weighted by Crippen LogP contribution is -2.45. The van der Waals surface area contributed by atoms with Gasteiger partial charge >= 0.3 is 5.97 Å². The van der Waals surface area contributed by atoms with Crippen LogP contribution in [0.25, 0.3) is 0 Å². The Labute approximate surface area is 129 Å². The molecule has 0 spiro atoms. The highest BCUT2D eigenvalue weighted by atomic mass is 32.1. The molecule has 2 aliphatic rings. The Kier molecular flexibility index (Phi) is 4.17. The van der Waals surface area contributed by atoms with Gasteiger partial charge in [0.05, 0.1) is 17.9 Å². The summed E-state index contributed by atoms with van der Waals surface area (Å²) in [6.45, 7) is 3.06. The van der Waals surface area contributed by atoms with Crippen LogP contribution in [0.5, 0.6) is 0 Å². The lowest BCUT2D eigenvalue weighted by molar-refractivity contribution is -0.145. The van der Waals surface area contributed by atoms with E-state index in [9.17, 15) is 4.79 Å². The van der Waals surface area contributed by atoms with Gasteiger partial charge in [-0.05, 0) is 39.0 Å². The number of nitrogens with one attached hydrogen (secondary N) is 1. The van der Waals surface area contributed by atoms with Crippen LogP contribution in [0.1, 0.15) is 49.1 Å². The summed E-state index contributed by atoms with van der Waals surface area (Å²) in [6.07, 6.45) is 5.19. The van der Waals surface area contributed by atoms with E-state index in [2.05, 4.69) is 10.3 Å². The van der Waals surface area contributed by atoms with Crippen molar-refractivity contribution in [2.45, 2.75) is 50.5 Å². The molecule has 0 radical (unpaired) electrons. The van der Waals surface area contributed by atoms with Gasteiger partial charge in [-0.2, -0.15) is 0 Å². The van der Waals surface area contributed by atoms with Gasteiger partial charge in [0.25, 0.3) is 0 Å². The van der Waals surface area contributed by atoms with E-state index >= 15 is 0 Å². The number of anilines is 1. The fourth-order valence-corrected chi connectivity index (χ4v) is 4.07. The molecule has 0 bridgehead atoms. The summed E-state index contributed by atoms with van der Waals surface area (Å²) in [5, 5.41) is 4.29. The third-order valence-electron chi connectivity index (χ3n) is 4.55. The molecule has 0 saturated heterocycles. The first kappa shape index (κ1) is 14.8. The molecule has 2 aliphatic carbocycles. The summed E-state index contributed by atoms with van der Waals surface area (Å²) >= 11 is 1.66. The van der Waals surface area contributed by atoms with Gasteiger partial charge in [0, 0.05) is 18.5 Å². The molecule has 6 heteroatoms. The summed E-state index contributed by atoms with van der Waals surface area (Å²) in [4.78, 5) is 17.8. The molecule has 5 nitrogen and oxygen atoms in total. The van der Waals surface area contributed by atoms with Crippen molar-refractivity contribution < 1.29 is 14.3 Å². The van der Waals surface area contributed by atoms with Gasteiger partial charge in [-0.25, -0.2) is 4.98 Å². The second kappa shape index (κ2) is 5.93. The Morgan fingerprint density at radius 3 is 2.95 bits per heavy atom. The number of nitrogens with zero attached hydrogens (tertiary/aromatic N) is 1. The molecular weight excluding hydrogens is 288 g/mol. The minimum absolute atomic E-state index is 0.0172. The lowest BCUT2D eigenvalue weighted by Gasteiger charge is -2.40. The van der Waals surface area contributed by atoms with Gasteiger partial charge in [-0.1, -0.05) is 0 Å². The molecule has 1 fully saturated rings. The highest BCUT2D eigenvalue weighted by Crippen LogP contribution is 2.40. The van der Waals surface area contributed by atoms with Crippen LogP contribution in [-0.4, -0.2) is 36.8 Å². The molecular formula is C15H22N2O3S. The quantitative estimate of drug-likeness (QED) is 0.819. The zero-order chi connectivity index (χ0) is 14.9. The van der Waals surface area contributed by atoms with E-state index in [4.69, 9.17) is 9.47 Å². The SMILES string of the molecule is CCOC(=O)C1CCc2sc(NCC3(OC)CCC3)nc21. The highest BCUT2D eigenvalue weighted by molar-refractivity contribution is 7.15. The van der Waals surface area contributed by atoms with Crippen molar-refractivity contribution in [3.63, 3.8) is 0 Å². The molecule has 0 amide bonds. The standard InChI is InChI=1S/C15H22N2O3S/c1-3-20-13(18)10-5-6-11-12(10)17-14(21-11)16-9-15(19-2)7-4-8-15/h10H,3-9H2,1-2H3,(H,16,17). The predicted octanol–water partition coefficient (Wildman–Crippen LogP) is 2.72. The minimum atomic E-state index is -0.174. The molecule has 0 aliphatic heterocycles. The van der Waals surface area contributed by atoms with E-state index < -0.39 is 0 Å². The van der Waals surface area contributed by atoms with Crippen LogP contribution in [0, 0.1) is 0 Å². The Hall–Kier alpha value is -1.14. The first-order chi connectivity index (χ1) is 10.2. The first-order valence-electron chi connectivity index (χ1n) is 7.63. The van der Waals surface area contributed by atoms with Gasteiger partial charge in [-0.3, -0.25) is 4.79 Å². The summed E-state index contributed by atoms with van der Waals surface area (Å²) in [5.41, 5.74) is 0.900. The number of ether oxygens (including phenoxy) is 2. The fraction of sp³-hybridized carbons (Fsp3) is 0.733. The number of rotatable bonds is 6. The number of aromatic nitrogens is 1. The average molecular weight is 310 g/mol. The molecule has 21 heavy (non-hydrogen) atoms. The minimum Gasteiger partial charge on any atom is -0.465 e. The zero-order valence-corrected chi connectivity index (χ0v) is 13.4. The van der Waals surface area contributed by atoms with Gasteiger partial charge in [0.15, 0.2) is 5.13 Å².